The summed E-state index contributed by atoms with van der Waals surface area (Å²) in [5, 5.41) is 8.06. The average Bonchev–Trinajstić information content (AvgIpc) is 1.86. The van der Waals surface area contributed by atoms with E-state index in [-0.39, 0.29) is 6.10 Å². The summed E-state index contributed by atoms with van der Waals surface area (Å²) in [5.41, 5.74) is 0. The van der Waals surface area contributed by atoms with Crippen molar-refractivity contribution >= 4 is 0 Å². The van der Waals surface area contributed by atoms with Crippen LogP contribution in [-0.4, -0.2) is 11.2 Å². The van der Waals surface area contributed by atoms with Crippen molar-refractivity contribution in [1.29, 1.82) is 0 Å². The van der Waals surface area contributed by atoms with E-state index >= 15 is 0 Å². The van der Waals surface area contributed by atoms with E-state index in [1.807, 2.05) is 0 Å². The second-order valence-electron chi connectivity index (χ2n) is 3.98. The van der Waals surface area contributed by atoms with Crippen molar-refractivity contribution in [3.8, 4) is 0 Å². The molecule has 0 amide bonds. The van der Waals surface area contributed by atoms with Crippen LogP contribution in [0.1, 0.15) is 60.3 Å². The molecule has 0 heterocycles. The average molecular weight is 174 g/mol. The fourth-order valence-electron chi connectivity index (χ4n) is 0.803. The lowest BCUT2D eigenvalue weighted by molar-refractivity contribution is 0.216. The minimum absolute atomic E-state index is 0.167. The first-order valence-corrected chi connectivity index (χ1v) is 5.18. The Hall–Kier alpha value is -0.0400. The van der Waals surface area contributed by atoms with Crippen molar-refractivity contribution in [1.82, 2.24) is 0 Å². The maximum absolute atomic E-state index is 8.06. The van der Waals surface area contributed by atoms with Gasteiger partial charge in [0.05, 0.1) is 0 Å². The molecule has 0 aromatic rings. The molecule has 0 aliphatic heterocycles. The summed E-state index contributed by atoms with van der Waals surface area (Å²) in [6, 6.07) is 0. The van der Waals surface area contributed by atoms with E-state index in [1.54, 1.807) is 13.8 Å². The van der Waals surface area contributed by atoms with E-state index in [1.165, 1.54) is 25.7 Å². The highest BCUT2D eigenvalue weighted by molar-refractivity contribution is 4.44. The van der Waals surface area contributed by atoms with Gasteiger partial charge in [-0.25, -0.2) is 0 Å². The predicted molar refractivity (Wildman–Crippen MR) is 56.3 cm³/mol. The van der Waals surface area contributed by atoms with Crippen molar-refractivity contribution < 1.29 is 5.11 Å². The van der Waals surface area contributed by atoms with Crippen molar-refractivity contribution in [3.05, 3.63) is 0 Å². The van der Waals surface area contributed by atoms with Gasteiger partial charge in [0.1, 0.15) is 0 Å². The van der Waals surface area contributed by atoms with Gasteiger partial charge in [-0.3, -0.25) is 0 Å². The summed E-state index contributed by atoms with van der Waals surface area (Å²) in [7, 11) is 0. The number of aliphatic hydroxyl groups is 1. The van der Waals surface area contributed by atoms with Gasteiger partial charge >= 0.3 is 0 Å². The van der Waals surface area contributed by atoms with Crippen LogP contribution in [0.15, 0.2) is 0 Å². The zero-order chi connectivity index (χ0) is 9.98. The molecule has 1 N–H and O–H groups in total. The standard InChI is InChI=1S/C8H18.C3H8O/c1-4-5-6-7-8(2)3;1-3(2)4/h8H,4-7H2,1-3H3;3-4H,1-2H3. The van der Waals surface area contributed by atoms with Crippen molar-refractivity contribution in [3.63, 3.8) is 0 Å². The first-order valence-electron chi connectivity index (χ1n) is 5.18. The Balaban J connectivity index is 0. The lowest BCUT2D eigenvalue weighted by atomic mass is 10.1. The van der Waals surface area contributed by atoms with Gasteiger partial charge in [-0.15, -0.1) is 0 Å². The Labute approximate surface area is 78.2 Å². The Morgan fingerprint density at radius 1 is 1.00 bits per heavy atom. The molecular weight excluding hydrogens is 148 g/mol. The van der Waals surface area contributed by atoms with Crippen LogP contribution < -0.4 is 0 Å². The van der Waals surface area contributed by atoms with Gasteiger partial charge in [-0.1, -0.05) is 46.5 Å². The topological polar surface area (TPSA) is 20.2 Å². The Morgan fingerprint density at radius 3 is 1.67 bits per heavy atom. The smallest absolute Gasteiger partial charge is 0.0483 e. The van der Waals surface area contributed by atoms with E-state index in [0.29, 0.717) is 0 Å². The highest BCUT2D eigenvalue weighted by Crippen LogP contribution is 2.06. The number of hydrogen-bond acceptors (Lipinski definition) is 1. The van der Waals surface area contributed by atoms with Crippen LogP contribution in [0.4, 0.5) is 0 Å². The van der Waals surface area contributed by atoms with Crippen LogP contribution in [0.3, 0.4) is 0 Å². The van der Waals surface area contributed by atoms with Crippen LogP contribution in [-0.2, 0) is 0 Å². The molecule has 12 heavy (non-hydrogen) atoms. The highest BCUT2D eigenvalue weighted by Gasteiger charge is 1.90. The normalized spacial score (nSPS) is 10.0. The van der Waals surface area contributed by atoms with Gasteiger partial charge < -0.3 is 5.11 Å². The molecule has 0 saturated heterocycles. The summed E-state index contributed by atoms with van der Waals surface area (Å²) in [6.45, 7) is 10.3. The number of unbranched alkanes of at least 4 members (excludes halogenated alkanes) is 2. The molecule has 0 saturated carbocycles. The third-order valence-electron chi connectivity index (χ3n) is 1.39. The van der Waals surface area contributed by atoms with Crippen molar-refractivity contribution in [2.75, 3.05) is 0 Å². The molecular formula is C11H26O. The van der Waals surface area contributed by atoms with Gasteiger partial charge in [-0.05, 0) is 19.8 Å². The quantitative estimate of drug-likeness (QED) is 0.645. The minimum Gasteiger partial charge on any atom is -0.394 e. The van der Waals surface area contributed by atoms with Crippen LogP contribution in [0.25, 0.3) is 0 Å². The molecule has 0 aromatic carbocycles. The first-order chi connectivity index (χ1) is 5.50. The summed E-state index contributed by atoms with van der Waals surface area (Å²) in [4.78, 5) is 0. The second-order valence-corrected chi connectivity index (χ2v) is 3.98. The zero-order valence-corrected chi connectivity index (χ0v) is 9.43. The van der Waals surface area contributed by atoms with Gasteiger partial charge in [0.2, 0.25) is 0 Å². The van der Waals surface area contributed by atoms with Crippen LogP contribution in [0, 0.1) is 5.92 Å². The van der Waals surface area contributed by atoms with Crippen LogP contribution >= 0.6 is 0 Å². The van der Waals surface area contributed by atoms with Crippen molar-refractivity contribution in [2.45, 2.75) is 66.4 Å². The maximum Gasteiger partial charge on any atom is 0.0483 e. The Kier molecular flexibility index (Phi) is 13.2. The highest BCUT2D eigenvalue weighted by atomic mass is 16.3. The summed E-state index contributed by atoms with van der Waals surface area (Å²) in [5.74, 6) is 0.904. The molecule has 0 aliphatic carbocycles. The molecule has 0 spiro atoms. The van der Waals surface area contributed by atoms with Gasteiger partial charge in [0, 0.05) is 6.10 Å². The number of aliphatic hydroxyl groups excluding tert-OH is 1. The molecule has 0 rings (SSSR count). The zero-order valence-electron chi connectivity index (χ0n) is 9.43. The van der Waals surface area contributed by atoms with E-state index in [4.69, 9.17) is 5.11 Å². The van der Waals surface area contributed by atoms with Gasteiger partial charge in [0.25, 0.3) is 0 Å². The van der Waals surface area contributed by atoms with E-state index in [2.05, 4.69) is 20.8 Å². The molecule has 0 fully saturated rings. The fourth-order valence-corrected chi connectivity index (χ4v) is 0.803. The molecule has 0 aromatic heterocycles. The Bertz CT molecular complexity index is 64.6. The largest absolute Gasteiger partial charge is 0.394 e. The first kappa shape index (κ1) is 14.5. The summed E-state index contributed by atoms with van der Waals surface area (Å²) < 4.78 is 0. The molecule has 0 radical (unpaired) electrons. The third kappa shape index (κ3) is 32.5. The SMILES string of the molecule is CC(C)O.CCCCCC(C)C. The molecule has 1 nitrogen and oxygen atoms in total. The van der Waals surface area contributed by atoms with Crippen LogP contribution in [0.5, 0.6) is 0 Å². The van der Waals surface area contributed by atoms with E-state index in [9.17, 15) is 0 Å². The Morgan fingerprint density at radius 2 is 1.42 bits per heavy atom. The van der Waals surface area contributed by atoms with Crippen molar-refractivity contribution in [2.24, 2.45) is 5.92 Å². The number of hydrogen-bond donors (Lipinski definition) is 1. The van der Waals surface area contributed by atoms with E-state index < -0.39 is 0 Å². The monoisotopic (exact) mass is 174 g/mol. The van der Waals surface area contributed by atoms with Crippen LogP contribution in [0.2, 0.25) is 0 Å². The summed E-state index contributed by atoms with van der Waals surface area (Å²) in [6.07, 6.45) is 5.44. The molecule has 76 valence electrons. The lowest BCUT2D eigenvalue weighted by Crippen LogP contribution is -1.85. The predicted octanol–water partition coefficient (Wildman–Crippen LogP) is 3.61. The second kappa shape index (κ2) is 11.0. The minimum atomic E-state index is -0.167. The molecule has 0 unspecified atom stereocenters. The molecule has 0 bridgehead atoms. The van der Waals surface area contributed by atoms with Gasteiger partial charge in [0.15, 0.2) is 0 Å². The summed E-state index contributed by atoms with van der Waals surface area (Å²) >= 11 is 0. The fraction of sp³-hybridized carbons (Fsp3) is 1.00. The third-order valence-corrected chi connectivity index (χ3v) is 1.39. The molecule has 0 atom stereocenters. The van der Waals surface area contributed by atoms with Gasteiger partial charge in [-0.2, -0.15) is 0 Å². The van der Waals surface area contributed by atoms with E-state index in [0.717, 1.165) is 5.92 Å². The lowest BCUT2D eigenvalue weighted by Gasteiger charge is -2.00. The molecule has 1 heteroatoms. The number of rotatable bonds is 4. The molecule has 0 aliphatic rings. The maximum atomic E-state index is 8.06.